The van der Waals surface area contributed by atoms with Crippen molar-refractivity contribution in [2.45, 2.75) is 34.6 Å². The van der Waals surface area contributed by atoms with Gasteiger partial charge in [0.2, 0.25) is 0 Å². The molecule has 3 nitrogen and oxygen atoms in total. The molecule has 1 rings (SSSR count). The zero-order valence-electron chi connectivity index (χ0n) is 9.69. The molecule has 0 aliphatic rings. The number of aromatic nitrogens is 1. The molecule has 82 valence electrons. The van der Waals surface area contributed by atoms with Crippen LogP contribution in [0.15, 0.2) is 30.6 Å². The van der Waals surface area contributed by atoms with Crippen molar-refractivity contribution in [3.8, 4) is 0 Å². The Morgan fingerprint density at radius 1 is 1.00 bits per heavy atom. The Morgan fingerprint density at radius 2 is 1.29 bits per heavy atom. The first-order valence-electron chi connectivity index (χ1n) is 4.78. The number of carboxylic acids is 1. The van der Waals surface area contributed by atoms with Crippen LogP contribution in [0.5, 0.6) is 0 Å². The van der Waals surface area contributed by atoms with Crippen LogP contribution < -0.4 is 0 Å². The minimum Gasteiger partial charge on any atom is -0.481 e. The maximum Gasteiger partial charge on any atom is 0.300 e. The van der Waals surface area contributed by atoms with Crippen molar-refractivity contribution in [3.63, 3.8) is 0 Å². The number of carboxylic acid groups (broad SMARTS) is 1. The second-order valence-electron chi connectivity index (χ2n) is 1.54. The molecule has 1 aromatic rings. The largest absolute Gasteiger partial charge is 0.481 e. The maximum atomic E-state index is 9.00. The summed E-state index contributed by atoms with van der Waals surface area (Å²) in [5.41, 5.74) is 0. The van der Waals surface area contributed by atoms with E-state index in [9.17, 15) is 0 Å². The fourth-order valence-corrected chi connectivity index (χ4v) is 0.313. The van der Waals surface area contributed by atoms with Crippen molar-refractivity contribution in [1.29, 1.82) is 0 Å². The average molecular weight is 199 g/mol. The zero-order valence-corrected chi connectivity index (χ0v) is 9.69. The van der Waals surface area contributed by atoms with E-state index in [0.717, 1.165) is 6.92 Å². The highest BCUT2D eigenvalue weighted by molar-refractivity contribution is 5.62. The number of aliphatic carboxylic acids is 1. The molecule has 1 N–H and O–H groups in total. The molecule has 0 amide bonds. The van der Waals surface area contributed by atoms with Gasteiger partial charge in [0.25, 0.3) is 5.97 Å². The summed E-state index contributed by atoms with van der Waals surface area (Å²) in [6.07, 6.45) is 3.50. The van der Waals surface area contributed by atoms with E-state index in [1.165, 1.54) is 0 Å². The summed E-state index contributed by atoms with van der Waals surface area (Å²) in [4.78, 5) is 12.8. The van der Waals surface area contributed by atoms with Crippen LogP contribution in [-0.4, -0.2) is 16.1 Å². The Kier molecular flexibility index (Phi) is 29.7. The molecule has 0 radical (unpaired) electrons. The molecular formula is C11H21NO2. The summed E-state index contributed by atoms with van der Waals surface area (Å²) in [7, 11) is 0. The van der Waals surface area contributed by atoms with E-state index in [2.05, 4.69) is 4.98 Å². The molecule has 1 aromatic heterocycles. The van der Waals surface area contributed by atoms with Gasteiger partial charge < -0.3 is 5.11 Å². The van der Waals surface area contributed by atoms with Gasteiger partial charge >= 0.3 is 0 Å². The summed E-state index contributed by atoms with van der Waals surface area (Å²) in [5.74, 6) is -0.833. The lowest BCUT2D eigenvalue weighted by molar-refractivity contribution is -0.134. The minimum atomic E-state index is -0.833. The van der Waals surface area contributed by atoms with Gasteiger partial charge in [0.05, 0.1) is 0 Å². The second kappa shape index (κ2) is 22.6. The highest BCUT2D eigenvalue weighted by atomic mass is 16.4. The van der Waals surface area contributed by atoms with Crippen LogP contribution in [0.1, 0.15) is 34.6 Å². The predicted molar refractivity (Wildman–Crippen MR) is 60.2 cm³/mol. The van der Waals surface area contributed by atoms with Crippen LogP contribution in [0.4, 0.5) is 0 Å². The predicted octanol–water partition coefficient (Wildman–Crippen LogP) is 3.22. The Balaban J connectivity index is -0.000000134. The SMILES string of the molecule is CC.CC.CC(=O)O.c1ccncc1. The molecule has 0 aliphatic carbocycles. The summed E-state index contributed by atoms with van der Waals surface area (Å²) in [6, 6.07) is 5.72. The lowest BCUT2D eigenvalue weighted by Gasteiger charge is -1.70. The number of carbonyl (C=O) groups is 1. The van der Waals surface area contributed by atoms with Gasteiger partial charge in [-0.3, -0.25) is 9.78 Å². The third-order valence-corrected chi connectivity index (χ3v) is 0.566. The lowest BCUT2D eigenvalue weighted by Crippen LogP contribution is -1.78. The van der Waals surface area contributed by atoms with Gasteiger partial charge in [-0.2, -0.15) is 0 Å². The van der Waals surface area contributed by atoms with Gasteiger partial charge in [-0.1, -0.05) is 33.8 Å². The summed E-state index contributed by atoms with van der Waals surface area (Å²) >= 11 is 0. The summed E-state index contributed by atoms with van der Waals surface area (Å²) < 4.78 is 0. The van der Waals surface area contributed by atoms with Crippen molar-refractivity contribution in [2.24, 2.45) is 0 Å². The lowest BCUT2D eigenvalue weighted by atomic mass is 10.5. The van der Waals surface area contributed by atoms with Gasteiger partial charge in [0.1, 0.15) is 0 Å². The minimum absolute atomic E-state index is 0.833. The fraction of sp³-hybridized carbons (Fsp3) is 0.455. The maximum absolute atomic E-state index is 9.00. The number of pyridine rings is 1. The standard InChI is InChI=1S/C5H5N.C2H4O2.2C2H6/c1-2-4-6-5-3-1;1-2(3)4;2*1-2/h1-5H;1H3,(H,3,4);2*1-2H3. The number of hydrogen-bond donors (Lipinski definition) is 1. The molecule has 0 aromatic carbocycles. The Bertz CT molecular complexity index is 145. The van der Waals surface area contributed by atoms with E-state index in [4.69, 9.17) is 9.90 Å². The van der Waals surface area contributed by atoms with Crippen molar-refractivity contribution in [3.05, 3.63) is 30.6 Å². The molecule has 0 atom stereocenters. The molecule has 0 aliphatic heterocycles. The third-order valence-electron chi connectivity index (χ3n) is 0.566. The average Bonchev–Trinajstić information content (AvgIpc) is 2.25. The molecule has 0 fully saturated rings. The topological polar surface area (TPSA) is 50.2 Å². The molecule has 0 saturated carbocycles. The highest BCUT2D eigenvalue weighted by Crippen LogP contribution is 1.73. The molecule has 1 heterocycles. The Morgan fingerprint density at radius 3 is 1.36 bits per heavy atom. The number of rotatable bonds is 0. The smallest absolute Gasteiger partial charge is 0.300 e. The van der Waals surface area contributed by atoms with Crippen LogP contribution in [-0.2, 0) is 4.79 Å². The van der Waals surface area contributed by atoms with Crippen LogP contribution in [0.25, 0.3) is 0 Å². The van der Waals surface area contributed by atoms with Gasteiger partial charge in [0.15, 0.2) is 0 Å². The van der Waals surface area contributed by atoms with Gasteiger partial charge in [0, 0.05) is 19.3 Å². The number of nitrogens with zero attached hydrogens (tertiary/aromatic N) is 1. The van der Waals surface area contributed by atoms with Crippen LogP contribution in [0.2, 0.25) is 0 Å². The molecular weight excluding hydrogens is 178 g/mol. The zero-order chi connectivity index (χ0) is 11.8. The van der Waals surface area contributed by atoms with Gasteiger partial charge in [-0.15, -0.1) is 0 Å². The van der Waals surface area contributed by atoms with Crippen molar-refractivity contribution in [1.82, 2.24) is 4.98 Å². The molecule has 0 bridgehead atoms. The Hall–Kier alpha value is -1.38. The van der Waals surface area contributed by atoms with E-state index in [1.807, 2.05) is 45.9 Å². The Labute approximate surface area is 86.8 Å². The van der Waals surface area contributed by atoms with Crippen LogP contribution >= 0.6 is 0 Å². The summed E-state index contributed by atoms with van der Waals surface area (Å²) in [5, 5.41) is 7.42. The summed E-state index contributed by atoms with van der Waals surface area (Å²) in [6.45, 7) is 9.08. The van der Waals surface area contributed by atoms with Crippen molar-refractivity contribution in [2.75, 3.05) is 0 Å². The van der Waals surface area contributed by atoms with Gasteiger partial charge in [-0.25, -0.2) is 0 Å². The first kappa shape index (κ1) is 18.4. The number of hydrogen-bond acceptors (Lipinski definition) is 2. The first-order chi connectivity index (χ1) is 6.73. The first-order valence-corrected chi connectivity index (χ1v) is 4.78. The van der Waals surface area contributed by atoms with E-state index >= 15 is 0 Å². The third kappa shape index (κ3) is 46.0. The van der Waals surface area contributed by atoms with E-state index in [0.29, 0.717) is 0 Å². The van der Waals surface area contributed by atoms with E-state index < -0.39 is 5.97 Å². The van der Waals surface area contributed by atoms with Crippen LogP contribution in [0, 0.1) is 0 Å². The molecule has 0 spiro atoms. The van der Waals surface area contributed by atoms with E-state index in [1.54, 1.807) is 12.4 Å². The van der Waals surface area contributed by atoms with E-state index in [-0.39, 0.29) is 0 Å². The van der Waals surface area contributed by atoms with Crippen molar-refractivity contribution >= 4 is 5.97 Å². The molecule has 0 saturated heterocycles. The highest BCUT2D eigenvalue weighted by Gasteiger charge is 1.65. The molecule has 3 heteroatoms. The quantitative estimate of drug-likeness (QED) is 0.698. The van der Waals surface area contributed by atoms with Gasteiger partial charge in [-0.05, 0) is 12.1 Å². The van der Waals surface area contributed by atoms with Crippen molar-refractivity contribution < 1.29 is 9.90 Å². The van der Waals surface area contributed by atoms with Crippen LogP contribution in [0.3, 0.4) is 0 Å². The monoisotopic (exact) mass is 199 g/mol. The molecule has 14 heavy (non-hydrogen) atoms. The normalized spacial score (nSPS) is 6.07. The molecule has 0 unspecified atom stereocenters. The second-order valence-corrected chi connectivity index (χ2v) is 1.54. The fourth-order valence-electron chi connectivity index (χ4n) is 0.313.